The van der Waals surface area contributed by atoms with Gasteiger partial charge in [-0.2, -0.15) is 0 Å². The van der Waals surface area contributed by atoms with Crippen LogP contribution in [0.2, 0.25) is 0 Å². The van der Waals surface area contributed by atoms with Crippen LogP contribution in [0.15, 0.2) is 12.1 Å². The number of nitrogens with zero attached hydrogens (tertiary/aromatic N) is 1. The molecular weight excluding hydrogens is 460 g/mol. The van der Waals surface area contributed by atoms with E-state index in [1.807, 2.05) is 0 Å². The van der Waals surface area contributed by atoms with Crippen LogP contribution >= 0.6 is 0 Å². The number of rotatable bonds is 3. The van der Waals surface area contributed by atoms with Crippen molar-refractivity contribution in [1.82, 2.24) is 4.90 Å². The van der Waals surface area contributed by atoms with E-state index in [-0.39, 0.29) is 16.7 Å². The minimum Gasteiger partial charge on any atom is -0.506 e. The van der Waals surface area contributed by atoms with Crippen LogP contribution in [0.1, 0.15) is 46.0 Å². The molecule has 2 fully saturated rings. The third-order valence-electron chi connectivity index (χ3n) is 7.87. The average Bonchev–Trinajstić information content (AvgIpc) is 2.75. The maximum atomic E-state index is 13.8. The van der Waals surface area contributed by atoms with Crippen molar-refractivity contribution >= 4 is 34.8 Å². The molecule has 35 heavy (non-hydrogen) atoms. The summed E-state index contributed by atoms with van der Waals surface area (Å²) in [6.07, 6.45) is -1.70. The zero-order chi connectivity index (χ0) is 26.3. The molecule has 5 N–H and O–H groups in total. The number of aliphatic hydroxyl groups is 2. The molecule has 3 aliphatic rings. The van der Waals surface area contributed by atoms with Gasteiger partial charge in [0.15, 0.2) is 40.4 Å². The van der Waals surface area contributed by atoms with E-state index in [1.54, 1.807) is 6.92 Å². The van der Waals surface area contributed by atoms with E-state index in [2.05, 4.69) is 0 Å². The Hall–Kier alpha value is -3.28. The van der Waals surface area contributed by atoms with Crippen molar-refractivity contribution in [1.29, 1.82) is 0 Å². The Kier molecular flexibility index (Phi) is 5.58. The molecule has 1 aromatic rings. The van der Waals surface area contributed by atoms with Gasteiger partial charge in [-0.25, -0.2) is 0 Å². The lowest BCUT2D eigenvalue weighted by atomic mass is 9.49. The molecule has 2 unspecified atom stereocenters. The summed E-state index contributed by atoms with van der Waals surface area (Å²) in [4.78, 5) is 78.9. The van der Waals surface area contributed by atoms with Gasteiger partial charge in [0.1, 0.15) is 5.75 Å². The number of primary amides is 1. The van der Waals surface area contributed by atoms with Crippen LogP contribution in [0, 0.1) is 23.7 Å². The first kappa shape index (κ1) is 24.8. The molecular formula is C24H26N2O9. The van der Waals surface area contributed by atoms with E-state index in [9.17, 15) is 44.1 Å². The molecule has 2 saturated carbocycles. The van der Waals surface area contributed by atoms with Gasteiger partial charge in [-0.05, 0) is 38.6 Å². The molecule has 1 aromatic carbocycles. The lowest BCUT2D eigenvalue weighted by Crippen LogP contribution is -2.77. The number of phenols is 1. The number of hydrogen-bond acceptors (Lipinski definition) is 10. The molecule has 0 bridgehead atoms. The van der Waals surface area contributed by atoms with Gasteiger partial charge < -0.3 is 21.1 Å². The van der Waals surface area contributed by atoms with Gasteiger partial charge >= 0.3 is 0 Å². The molecule has 0 aliphatic heterocycles. The molecule has 11 heteroatoms. The number of carbonyl (C=O) groups is 6. The average molecular weight is 486 g/mol. The number of likely N-dealkylation sites (N-methyl/N-ethyl adjacent to an activating group) is 1. The molecule has 0 spiro atoms. The zero-order valence-electron chi connectivity index (χ0n) is 19.5. The number of carbonyl (C=O) groups excluding carboxylic acids is 6. The topological polar surface area (TPSA) is 192 Å². The van der Waals surface area contributed by atoms with Crippen molar-refractivity contribution < 1.29 is 44.1 Å². The number of Topliss-reactive ketones (excluding diaryl/α,β-unsaturated/α-hetero) is 5. The molecule has 0 aromatic heterocycles. The minimum atomic E-state index is -3.05. The first-order valence-corrected chi connectivity index (χ1v) is 11.1. The first-order chi connectivity index (χ1) is 16.2. The number of fused-ring (bicyclic) bond motifs is 3. The zero-order valence-corrected chi connectivity index (χ0v) is 19.5. The molecule has 186 valence electrons. The number of aromatic hydroxyl groups is 1. The van der Waals surface area contributed by atoms with Crippen molar-refractivity contribution in [2.75, 3.05) is 14.1 Å². The Morgan fingerprint density at radius 3 is 2.20 bits per heavy atom. The third-order valence-corrected chi connectivity index (χ3v) is 7.87. The smallest absolute Gasteiger partial charge is 0.235 e. The summed E-state index contributed by atoms with van der Waals surface area (Å²) in [6, 6.07) is 1.36. The highest BCUT2D eigenvalue weighted by Crippen LogP contribution is 2.54. The fourth-order valence-corrected chi connectivity index (χ4v) is 6.27. The predicted molar refractivity (Wildman–Crippen MR) is 117 cm³/mol. The van der Waals surface area contributed by atoms with Gasteiger partial charge in [0.2, 0.25) is 5.91 Å². The SMILES string of the molecule is CC(=O)c1ccc2c(c1O)C(=O)C1C(=O)[C@]3(O)C(=O)C(C(N)=O)C(=O)[C@@H](N(C)C)[C@@H]3[C@@H](O)[C@@H]1[C@H]2C. The quantitative estimate of drug-likeness (QED) is 0.292. The van der Waals surface area contributed by atoms with E-state index in [0.717, 1.165) is 0 Å². The molecule has 8 atom stereocenters. The Morgan fingerprint density at radius 2 is 1.69 bits per heavy atom. The van der Waals surface area contributed by atoms with Crippen LogP contribution in [0.4, 0.5) is 0 Å². The van der Waals surface area contributed by atoms with Gasteiger partial charge in [0.25, 0.3) is 0 Å². The van der Waals surface area contributed by atoms with Crippen LogP contribution in [0.3, 0.4) is 0 Å². The van der Waals surface area contributed by atoms with Crippen molar-refractivity contribution in [3.8, 4) is 5.75 Å². The van der Waals surface area contributed by atoms with Gasteiger partial charge in [-0.15, -0.1) is 0 Å². The molecule has 0 radical (unpaired) electrons. The van der Waals surface area contributed by atoms with E-state index in [1.165, 1.54) is 38.1 Å². The second-order valence-corrected chi connectivity index (χ2v) is 9.85. The molecule has 0 saturated heterocycles. The number of aliphatic hydroxyl groups excluding tert-OH is 1. The molecule has 0 heterocycles. The van der Waals surface area contributed by atoms with Gasteiger partial charge in [0.05, 0.1) is 35.1 Å². The van der Waals surface area contributed by atoms with Crippen molar-refractivity contribution in [2.24, 2.45) is 29.4 Å². The number of phenolic OH excluding ortho intramolecular Hbond substituents is 1. The maximum Gasteiger partial charge on any atom is 0.235 e. The molecule has 1 amide bonds. The van der Waals surface area contributed by atoms with Crippen molar-refractivity contribution in [2.45, 2.75) is 37.5 Å². The van der Waals surface area contributed by atoms with E-state index in [4.69, 9.17) is 5.73 Å². The van der Waals surface area contributed by atoms with Crippen LogP contribution in [-0.2, 0) is 19.2 Å². The summed E-state index contributed by atoms with van der Waals surface area (Å²) >= 11 is 0. The van der Waals surface area contributed by atoms with Crippen LogP contribution in [-0.4, -0.2) is 86.9 Å². The lowest BCUT2D eigenvalue weighted by molar-refractivity contribution is -0.196. The van der Waals surface area contributed by atoms with Crippen molar-refractivity contribution in [3.05, 3.63) is 28.8 Å². The fraction of sp³-hybridized carbons (Fsp3) is 0.500. The number of nitrogens with two attached hydrogens (primary N) is 1. The maximum absolute atomic E-state index is 13.8. The number of amides is 1. The molecule has 4 rings (SSSR count). The summed E-state index contributed by atoms with van der Waals surface area (Å²) in [5, 5.41) is 33.7. The van der Waals surface area contributed by atoms with Crippen LogP contribution in [0.25, 0.3) is 0 Å². The van der Waals surface area contributed by atoms with Crippen molar-refractivity contribution in [3.63, 3.8) is 0 Å². The Morgan fingerprint density at radius 1 is 1.09 bits per heavy atom. The Balaban J connectivity index is 1.97. The van der Waals surface area contributed by atoms with Crippen LogP contribution < -0.4 is 5.73 Å². The molecule has 3 aliphatic carbocycles. The van der Waals surface area contributed by atoms with Gasteiger partial charge in [-0.1, -0.05) is 13.0 Å². The largest absolute Gasteiger partial charge is 0.506 e. The number of ketones is 5. The predicted octanol–water partition coefficient (Wildman–Crippen LogP) is -1.40. The number of benzene rings is 1. The van der Waals surface area contributed by atoms with E-state index < -0.39 is 87.9 Å². The normalized spacial score (nSPS) is 36.5. The Labute approximate surface area is 199 Å². The second-order valence-electron chi connectivity index (χ2n) is 9.85. The highest BCUT2D eigenvalue weighted by Gasteiger charge is 2.72. The standard InChI is InChI=1S/C24H26N2O9/c1-7-9-5-6-10(8(2)27)17(28)12(9)18(29)13-11(7)19(30)15-16(26(3)4)20(31)14(23(25)34)22(33)24(15,35)21(13)32/h5-7,11,13-16,19,28,30,35H,1-4H3,(H2,25,34)/t7-,11+,13?,14?,15+,16-,19-,24-/m0/s1. The second kappa shape index (κ2) is 7.87. The number of hydrogen-bond donors (Lipinski definition) is 4. The van der Waals surface area contributed by atoms with Gasteiger partial charge in [0, 0.05) is 5.92 Å². The summed E-state index contributed by atoms with van der Waals surface area (Å²) in [5.74, 6) is -14.7. The molecule has 11 nitrogen and oxygen atoms in total. The highest BCUT2D eigenvalue weighted by molar-refractivity contribution is 6.32. The first-order valence-electron chi connectivity index (χ1n) is 11.1. The monoisotopic (exact) mass is 486 g/mol. The van der Waals surface area contributed by atoms with E-state index >= 15 is 0 Å². The summed E-state index contributed by atoms with van der Waals surface area (Å²) in [7, 11) is 2.85. The third kappa shape index (κ3) is 3.01. The lowest BCUT2D eigenvalue weighted by Gasteiger charge is -2.56. The summed E-state index contributed by atoms with van der Waals surface area (Å²) < 4.78 is 0. The summed E-state index contributed by atoms with van der Waals surface area (Å²) in [6.45, 7) is 2.78. The highest BCUT2D eigenvalue weighted by atomic mass is 16.3. The van der Waals surface area contributed by atoms with E-state index in [0.29, 0.717) is 0 Å². The van der Waals surface area contributed by atoms with Crippen LogP contribution in [0.5, 0.6) is 5.75 Å². The fourth-order valence-electron chi connectivity index (χ4n) is 6.27. The summed E-state index contributed by atoms with van der Waals surface area (Å²) in [5.41, 5.74) is 2.04. The van der Waals surface area contributed by atoms with Gasteiger partial charge in [-0.3, -0.25) is 33.7 Å². The Bertz CT molecular complexity index is 1220. The minimum absolute atomic E-state index is 0.149.